The maximum atomic E-state index is 11.6. The molecule has 0 unspecified atom stereocenters. The second-order valence-electron chi connectivity index (χ2n) is 3.92. The Bertz CT molecular complexity index is 836. The average molecular weight is 271 g/mol. The van der Waals surface area contributed by atoms with Gasteiger partial charge in [0.15, 0.2) is 0 Å². The SMILES string of the molecule is O=c1[nH]c2ccc(Sc3ccccc3)cc2c(=O)o1. The van der Waals surface area contributed by atoms with Crippen LogP contribution in [0.2, 0.25) is 0 Å². The van der Waals surface area contributed by atoms with Crippen molar-refractivity contribution in [2.75, 3.05) is 0 Å². The molecule has 0 aliphatic heterocycles. The maximum Gasteiger partial charge on any atom is 0.419 e. The molecule has 3 rings (SSSR count). The van der Waals surface area contributed by atoms with E-state index in [4.69, 9.17) is 0 Å². The van der Waals surface area contributed by atoms with Gasteiger partial charge in [0.1, 0.15) is 0 Å². The van der Waals surface area contributed by atoms with Gasteiger partial charge in [-0.05, 0) is 30.3 Å². The van der Waals surface area contributed by atoms with Gasteiger partial charge >= 0.3 is 11.4 Å². The van der Waals surface area contributed by atoms with Crippen LogP contribution >= 0.6 is 11.8 Å². The summed E-state index contributed by atoms with van der Waals surface area (Å²) in [6, 6.07) is 15.1. The molecule has 0 amide bonds. The number of aromatic nitrogens is 1. The standard InChI is InChI=1S/C14H9NO3S/c16-13-11-8-10(19-9-4-2-1-3-5-9)6-7-12(11)15-14(17)18-13/h1-8H,(H,15,17). The molecule has 4 nitrogen and oxygen atoms in total. The lowest BCUT2D eigenvalue weighted by Gasteiger charge is -2.02. The van der Waals surface area contributed by atoms with E-state index in [1.807, 2.05) is 36.4 Å². The monoisotopic (exact) mass is 271 g/mol. The van der Waals surface area contributed by atoms with E-state index < -0.39 is 11.4 Å². The van der Waals surface area contributed by atoms with Crippen LogP contribution in [0.5, 0.6) is 0 Å². The molecule has 2 aromatic carbocycles. The summed E-state index contributed by atoms with van der Waals surface area (Å²) in [5.74, 6) is -0.735. The van der Waals surface area contributed by atoms with Gasteiger partial charge in [-0.1, -0.05) is 30.0 Å². The summed E-state index contributed by atoms with van der Waals surface area (Å²) in [6.45, 7) is 0. The van der Waals surface area contributed by atoms with Gasteiger partial charge in [0.05, 0.1) is 10.9 Å². The van der Waals surface area contributed by atoms with Crippen molar-refractivity contribution >= 4 is 22.7 Å². The van der Waals surface area contributed by atoms with Crippen LogP contribution in [0.3, 0.4) is 0 Å². The van der Waals surface area contributed by atoms with Crippen LogP contribution < -0.4 is 11.4 Å². The minimum Gasteiger partial charge on any atom is -0.372 e. The second-order valence-corrected chi connectivity index (χ2v) is 5.07. The van der Waals surface area contributed by atoms with Gasteiger partial charge in [-0.15, -0.1) is 0 Å². The third-order valence-corrected chi connectivity index (χ3v) is 3.61. The number of rotatable bonds is 2. The van der Waals surface area contributed by atoms with Gasteiger partial charge in [0.25, 0.3) is 0 Å². The third kappa shape index (κ3) is 2.46. The van der Waals surface area contributed by atoms with Crippen LogP contribution in [0.1, 0.15) is 0 Å². The fourth-order valence-corrected chi connectivity index (χ4v) is 2.64. The molecule has 0 radical (unpaired) electrons. The molecule has 5 heteroatoms. The summed E-state index contributed by atoms with van der Waals surface area (Å²) in [4.78, 5) is 27.1. The van der Waals surface area contributed by atoms with Gasteiger partial charge in [-0.3, -0.25) is 4.98 Å². The first-order valence-electron chi connectivity index (χ1n) is 5.62. The number of nitrogens with one attached hydrogen (secondary N) is 1. The lowest BCUT2D eigenvalue weighted by molar-refractivity contribution is 0.460. The van der Waals surface area contributed by atoms with Crippen molar-refractivity contribution in [1.82, 2.24) is 4.98 Å². The molecule has 19 heavy (non-hydrogen) atoms. The number of aromatic amines is 1. The Hall–Kier alpha value is -2.27. The summed E-state index contributed by atoms with van der Waals surface area (Å²) in [7, 11) is 0. The van der Waals surface area contributed by atoms with E-state index in [2.05, 4.69) is 9.40 Å². The van der Waals surface area contributed by atoms with Crippen molar-refractivity contribution in [3.8, 4) is 0 Å². The molecule has 1 aromatic heterocycles. The van der Waals surface area contributed by atoms with Gasteiger partial charge in [0, 0.05) is 9.79 Å². The second kappa shape index (κ2) is 4.78. The van der Waals surface area contributed by atoms with Gasteiger partial charge in [-0.25, -0.2) is 9.59 Å². The van der Waals surface area contributed by atoms with Crippen molar-refractivity contribution in [1.29, 1.82) is 0 Å². The highest BCUT2D eigenvalue weighted by molar-refractivity contribution is 7.99. The smallest absolute Gasteiger partial charge is 0.372 e. The summed E-state index contributed by atoms with van der Waals surface area (Å²) >= 11 is 1.54. The molecule has 94 valence electrons. The molecule has 1 heterocycles. The first kappa shape index (κ1) is 11.8. The molecule has 0 fully saturated rings. The van der Waals surface area contributed by atoms with E-state index >= 15 is 0 Å². The van der Waals surface area contributed by atoms with Crippen LogP contribution in [-0.2, 0) is 0 Å². The zero-order chi connectivity index (χ0) is 13.2. The molecule has 0 spiro atoms. The third-order valence-electron chi connectivity index (χ3n) is 2.61. The van der Waals surface area contributed by atoms with Crippen molar-refractivity contribution < 1.29 is 4.42 Å². The minimum absolute atomic E-state index is 0.375. The maximum absolute atomic E-state index is 11.6. The number of hydrogen-bond acceptors (Lipinski definition) is 4. The molecular weight excluding hydrogens is 262 g/mol. The Morgan fingerprint density at radius 2 is 1.74 bits per heavy atom. The first-order chi connectivity index (χ1) is 9.22. The summed E-state index contributed by atoms with van der Waals surface area (Å²) in [5, 5.41) is 0.375. The number of fused-ring (bicyclic) bond motifs is 1. The highest BCUT2D eigenvalue weighted by atomic mass is 32.2. The molecule has 0 saturated carbocycles. The van der Waals surface area contributed by atoms with E-state index in [9.17, 15) is 9.59 Å². The van der Waals surface area contributed by atoms with Gasteiger partial charge < -0.3 is 4.42 Å². The fourth-order valence-electron chi connectivity index (χ4n) is 1.76. The first-order valence-corrected chi connectivity index (χ1v) is 6.44. The predicted molar refractivity (Wildman–Crippen MR) is 73.7 cm³/mol. The molecule has 0 aliphatic rings. The zero-order valence-electron chi connectivity index (χ0n) is 9.75. The number of hydrogen-bond donors (Lipinski definition) is 1. The van der Waals surface area contributed by atoms with E-state index in [-0.39, 0.29) is 0 Å². The van der Waals surface area contributed by atoms with E-state index in [1.54, 1.807) is 23.9 Å². The zero-order valence-corrected chi connectivity index (χ0v) is 10.6. The van der Waals surface area contributed by atoms with Crippen molar-refractivity contribution in [2.45, 2.75) is 9.79 Å². The van der Waals surface area contributed by atoms with Crippen molar-refractivity contribution in [3.63, 3.8) is 0 Å². The predicted octanol–water partition coefficient (Wildman–Crippen LogP) is 2.63. The Morgan fingerprint density at radius 3 is 2.53 bits per heavy atom. The number of H-pyrrole nitrogens is 1. The summed E-state index contributed by atoms with van der Waals surface area (Å²) < 4.78 is 4.52. The quantitative estimate of drug-likeness (QED) is 0.778. The lowest BCUT2D eigenvalue weighted by Crippen LogP contribution is -2.14. The van der Waals surface area contributed by atoms with E-state index in [1.165, 1.54) is 0 Å². The fraction of sp³-hybridized carbons (Fsp3) is 0. The van der Waals surface area contributed by atoms with Gasteiger partial charge in [-0.2, -0.15) is 0 Å². The number of benzene rings is 2. The summed E-state index contributed by atoms with van der Waals surface area (Å²) in [5.41, 5.74) is -0.132. The average Bonchev–Trinajstić information content (AvgIpc) is 2.40. The van der Waals surface area contributed by atoms with Crippen LogP contribution in [-0.4, -0.2) is 4.98 Å². The largest absolute Gasteiger partial charge is 0.419 e. The normalized spacial score (nSPS) is 10.7. The molecule has 3 aromatic rings. The Balaban J connectivity index is 2.07. The Labute approximate surface area is 112 Å². The van der Waals surface area contributed by atoms with Crippen molar-refractivity contribution in [3.05, 3.63) is 69.5 Å². The Morgan fingerprint density at radius 1 is 0.947 bits per heavy atom. The highest BCUT2D eigenvalue weighted by Crippen LogP contribution is 2.28. The highest BCUT2D eigenvalue weighted by Gasteiger charge is 2.04. The van der Waals surface area contributed by atoms with Crippen LogP contribution in [0.25, 0.3) is 10.9 Å². The van der Waals surface area contributed by atoms with Gasteiger partial charge in [0.2, 0.25) is 0 Å². The molecule has 1 N–H and O–H groups in total. The van der Waals surface area contributed by atoms with E-state index in [0.29, 0.717) is 10.9 Å². The molecule has 0 bridgehead atoms. The molecule has 0 aliphatic carbocycles. The minimum atomic E-state index is -0.735. The van der Waals surface area contributed by atoms with E-state index in [0.717, 1.165) is 9.79 Å². The summed E-state index contributed by atoms with van der Waals surface area (Å²) in [6.07, 6.45) is 0. The topological polar surface area (TPSA) is 63.1 Å². The molecular formula is C14H9NO3S. The molecule has 0 saturated heterocycles. The molecule has 0 atom stereocenters. The van der Waals surface area contributed by atoms with Crippen LogP contribution in [0.15, 0.2) is 72.3 Å². The lowest BCUT2D eigenvalue weighted by atomic mass is 10.2. The Kier molecular flexibility index (Phi) is 2.97. The van der Waals surface area contributed by atoms with Crippen LogP contribution in [0, 0.1) is 0 Å². The van der Waals surface area contributed by atoms with Crippen LogP contribution in [0.4, 0.5) is 0 Å². The van der Waals surface area contributed by atoms with Crippen molar-refractivity contribution in [2.24, 2.45) is 0 Å².